The molecule has 1 aliphatic rings. The van der Waals surface area contributed by atoms with E-state index in [2.05, 4.69) is 33.8 Å². The molecule has 2 aromatic carbocycles. The number of H-pyrrole nitrogens is 1. The number of hydrogen-bond acceptors (Lipinski definition) is 2. The highest BCUT2D eigenvalue weighted by molar-refractivity contribution is 5.98. The molecule has 0 saturated carbocycles. The average Bonchev–Trinajstić information content (AvgIpc) is 3.29. The summed E-state index contributed by atoms with van der Waals surface area (Å²) in [5.74, 6) is 0.235. The number of nitrogens with zero attached hydrogens (tertiary/aromatic N) is 2. The summed E-state index contributed by atoms with van der Waals surface area (Å²) in [7, 11) is 0. The molecule has 1 saturated heterocycles. The largest absolute Gasteiger partial charge is 0.381 e. The van der Waals surface area contributed by atoms with Crippen LogP contribution in [0.3, 0.4) is 0 Å². The molecule has 2 aromatic heterocycles. The van der Waals surface area contributed by atoms with Gasteiger partial charge in [0.2, 0.25) is 0 Å². The van der Waals surface area contributed by atoms with E-state index in [9.17, 15) is 4.39 Å². The van der Waals surface area contributed by atoms with Crippen molar-refractivity contribution in [1.82, 2.24) is 14.8 Å². The quantitative estimate of drug-likeness (QED) is 0.550. The highest BCUT2D eigenvalue weighted by Crippen LogP contribution is 2.39. The van der Waals surface area contributed by atoms with Crippen LogP contribution in [0.15, 0.2) is 42.6 Å². The molecule has 1 fully saturated rings. The van der Waals surface area contributed by atoms with Crippen LogP contribution in [0, 0.1) is 5.82 Å². The summed E-state index contributed by atoms with van der Waals surface area (Å²) in [5.41, 5.74) is 5.94. The first-order chi connectivity index (χ1) is 13.3. The van der Waals surface area contributed by atoms with Gasteiger partial charge in [-0.15, -0.1) is 0 Å². The summed E-state index contributed by atoms with van der Waals surface area (Å²) in [4.78, 5) is 0. The summed E-state index contributed by atoms with van der Waals surface area (Å²) in [6, 6.07) is 11.2. The summed E-state index contributed by atoms with van der Waals surface area (Å²) < 4.78 is 21.5. The van der Waals surface area contributed by atoms with Gasteiger partial charge in [0, 0.05) is 41.3 Å². The smallest absolute Gasteiger partial charge is 0.123 e. The first kappa shape index (κ1) is 16.5. The van der Waals surface area contributed by atoms with Crippen molar-refractivity contribution in [3.63, 3.8) is 0 Å². The third kappa shape index (κ3) is 2.65. The zero-order chi connectivity index (χ0) is 18.4. The molecule has 0 unspecified atom stereocenters. The minimum Gasteiger partial charge on any atom is -0.381 e. The number of fused-ring (bicyclic) bond motifs is 2. The molecule has 5 rings (SSSR count). The van der Waals surface area contributed by atoms with Crippen molar-refractivity contribution in [2.45, 2.75) is 32.1 Å². The molecule has 4 aromatic rings. The maximum Gasteiger partial charge on any atom is 0.123 e. The molecule has 3 heterocycles. The number of hydrogen-bond donors (Lipinski definition) is 1. The van der Waals surface area contributed by atoms with E-state index in [0.717, 1.165) is 54.6 Å². The van der Waals surface area contributed by atoms with Crippen LogP contribution in [0.2, 0.25) is 0 Å². The van der Waals surface area contributed by atoms with E-state index in [1.165, 1.54) is 28.8 Å². The van der Waals surface area contributed by atoms with Gasteiger partial charge in [0.05, 0.1) is 17.2 Å². The van der Waals surface area contributed by atoms with Crippen LogP contribution in [0.25, 0.3) is 27.5 Å². The fourth-order valence-corrected chi connectivity index (χ4v) is 4.45. The Kier molecular flexibility index (Phi) is 3.97. The number of ether oxygens (including phenoxy) is 1. The third-order valence-electron chi connectivity index (χ3n) is 5.72. The molecule has 5 heteroatoms. The van der Waals surface area contributed by atoms with Crippen LogP contribution in [-0.4, -0.2) is 28.0 Å². The van der Waals surface area contributed by atoms with Gasteiger partial charge in [-0.3, -0.25) is 5.10 Å². The van der Waals surface area contributed by atoms with E-state index in [1.807, 2.05) is 18.3 Å². The second kappa shape index (κ2) is 6.50. The van der Waals surface area contributed by atoms with Crippen molar-refractivity contribution >= 4 is 21.8 Å². The van der Waals surface area contributed by atoms with E-state index in [1.54, 1.807) is 0 Å². The molecule has 0 bridgehead atoms. The maximum atomic E-state index is 13.6. The Morgan fingerprint density at radius 1 is 1.19 bits per heavy atom. The van der Waals surface area contributed by atoms with Crippen molar-refractivity contribution in [3.05, 3.63) is 59.7 Å². The standard InChI is InChI=1S/C22H22FN3O/c1-2-18-19-12-20-15(13-24-25-20)11-21(19)26(17-5-3-16(23)4-6-17)22(18)14-7-9-27-10-8-14/h3-6,11-14H,2,7-10H2,1H3,(H,24,25). The Balaban J connectivity index is 1.85. The van der Waals surface area contributed by atoms with Crippen LogP contribution in [0.5, 0.6) is 0 Å². The first-order valence-corrected chi connectivity index (χ1v) is 9.60. The molecule has 1 aliphatic heterocycles. The summed E-state index contributed by atoms with van der Waals surface area (Å²) in [6.07, 6.45) is 4.85. The van der Waals surface area contributed by atoms with Gasteiger partial charge in [0.15, 0.2) is 0 Å². The Morgan fingerprint density at radius 3 is 2.70 bits per heavy atom. The zero-order valence-corrected chi connectivity index (χ0v) is 15.3. The fraction of sp³-hybridized carbons (Fsp3) is 0.318. The van der Waals surface area contributed by atoms with Crippen molar-refractivity contribution < 1.29 is 9.13 Å². The Morgan fingerprint density at radius 2 is 1.96 bits per heavy atom. The van der Waals surface area contributed by atoms with Crippen molar-refractivity contribution in [2.24, 2.45) is 0 Å². The zero-order valence-electron chi connectivity index (χ0n) is 15.3. The van der Waals surface area contributed by atoms with Gasteiger partial charge in [0.1, 0.15) is 5.82 Å². The normalized spacial score (nSPS) is 15.8. The Labute approximate surface area is 156 Å². The molecule has 138 valence electrons. The van der Waals surface area contributed by atoms with Crippen LogP contribution in [-0.2, 0) is 11.2 Å². The lowest BCUT2D eigenvalue weighted by Crippen LogP contribution is -2.18. The van der Waals surface area contributed by atoms with Crippen molar-refractivity contribution in [1.29, 1.82) is 0 Å². The van der Waals surface area contributed by atoms with Gasteiger partial charge in [0.25, 0.3) is 0 Å². The lowest BCUT2D eigenvalue weighted by molar-refractivity contribution is 0.0841. The number of rotatable bonds is 3. The van der Waals surface area contributed by atoms with Crippen LogP contribution >= 0.6 is 0 Å². The summed E-state index contributed by atoms with van der Waals surface area (Å²) in [6.45, 7) is 3.80. The summed E-state index contributed by atoms with van der Waals surface area (Å²) >= 11 is 0. The van der Waals surface area contributed by atoms with Crippen LogP contribution in [0.1, 0.15) is 36.9 Å². The van der Waals surface area contributed by atoms with Crippen LogP contribution < -0.4 is 0 Å². The molecule has 4 nitrogen and oxygen atoms in total. The minimum atomic E-state index is -0.212. The number of aromatic amines is 1. The maximum absolute atomic E-state index is 13.6. The van der Waals surface area contributed by atoms with Crippen molar-refractivity contribution in [3.8, 4) is 5.69 Å². The average molecular weight is 363 g/mol. The van der Waals surface area contributed by atoms with Gasteiger partial charge >= 0.3 is 0 Å². The van der Waals surface area contributed by atoms with Gasteiger partial charge in [-0.05, 0) is 61.2 Å². The molecule has 0 amide bonds. The predicted octanol–water partition coefficient (Wildman–Crippen LogP) is 5.10. The molecule has 1 N–H and O–H groups in total. The molecule has 0 aliphatic carbocycles. The Bertz CT molecular complexity index is 1100. The molecule has 27 heavy (non-hydrogen) atoms. The highest BCUT2D eigenvalue weighted by Gasteiger charge is 2.26. The summed E-state index contributed by atoms with van der Waals surface area (Å²) in [5, 5.41) is 9.61. The second-order valence-corrected chi connectivity index (χ2v) is 7.24. The van der Waals surface area contributed by atoms with Gasteiger partial charge in [-0.1, -0.05) is 6.92 Å². The van der Waals surface area contributed by atoms with Gasteiger partial charge in [-0.25, -0.2) is 4.39 Å². The van der Waals surface area contributed by atoms with Gasteiger partial charge < -0.3 is 9.30 Å². The third-order valence-corrected chi connectivity index (χ3v) is 5.72. The lowest BCUT2D eigenvalue weighted by atomic mass is 9.92. The van der Waals surface area contributed by atoms with E-state index in [-0.39, 0.29) is 5.82 Å². The van der Waals surface area contributed by atoms with E-state index in [0.29, 0.717) is 5.92 Å². The molecular formula is C22H22FN3O. The Hall–Kier alpha value is -2.66. The number of nitrogens with one attached hydrogen (secondary N) is 1. The first-order valence-electron chi connectivity index (χ1n) is 9.60. The number of aryl methyl sites for hydroxylation is 1. The molecule has 0 spiro atoms. The monoisotopic (exact) mass is 363 g/mol. The predicted molar refractivity (Wildman–Crippen MR) is 105 cm³/mol. The van der Waals surface area contributed by atoms with Crippen LogP contribution in [0.4, 0.5) is 4.39 Å². The number of halogens is 1. The minimum absolute atomic E-state index is 0.212. The topological polar surface area (TPSA) is 42.8 Å². The van der Waals surface area contributed by atoms with Crippen molar-refractivity contribution in [2.75, 3.05) is 13.2 Å². The SMILES string of the molecule is CCc1c(C2CCOCC2)n(-c2ccc(F)cc2)c2cc3cn[nH]c3cc12. The fourth-order valence-electron chi connectivity index (χ4n) is 4.45. The second-order valence-electron chi connectivity index (χ2n) is 7.24. The highest BCUT2D eigenvalue weighted by atomic mass is 19.1. The molecule has 0 radical (unpaired) electrons. The van der Waals surface area contributed by atoms with Gasteiger partial charge in [-0.2, -0.15) is 5.10 Å². The molecule has 0 atom stereocenters. The molecular weight excluding hydrogens is 341 g/mol. The number of aromatic nitrogens is 3. The number of benzene rings is 2. The van der Waals surface area contributed by atoms with E-state index < -0.39 is 0 Å². The lowest BCUT2D eigenvalue weighted by Gasteiger charge is -2.25. The van der Waals surface area contributed by atoms with E-state index in [4.69, 9.17) is 4.74 Å². The van der Waals surface area contributed by atoms with E-state index >= 15 is 0 Å².